The van der Waals surface area contributed by atoms with Gasteiger partial charge >= 0.3 is 0 Å². The zero-order valence-corrected chi connectivity index (χ0v) is 14.4. The lowest BCUT2D eigenvalue weighted by Gasteiger charge is -2.20. The highest BCUT2D eigenvalue weighted by molar-refractivity contribution is 5.91. The van der Waals surface area contributed by atoms with Crippen molar-refractivity contribution in [2.24, 2.45) is 0 Å². The fourth-order valence-corrected chi connectivity index (χ4v) is 3.36. The number of carbonyl (C=O) groups excluding carboxylic acids is 1. The number of carbonyl (C=O) groups is 1. The number of benzene rings is 1. The molecule has 1 saturated heterocycles. The molecule has 0 bridgehead atoms. The van der Waals surface area contributed by atoms with Crippen LogP contribution in [0.3, 0.4) is 0 Å². The van der Waals surface area contributed by atoms with Gasteiger partial charge in [0, 0.05) is 25.8 Å². The molecule has 1 unspecified atom stereocenters. The fourth-order valence-electron chi connectivity index (χ4n) is 3.36. The van der Waals surface area contributed by atoms with E-state index in [9.17, 15) is 4.79 Å². The Morgan fingerprint density at radius 3 is 2.96 bits per heavy atom. The van der Waals surface area contributed by atoms with Crippen molar-refractivity contribution in [2.75, 3.05) is 19.7 Å². The zero-order valence-electron chi connectivity index (χ0n) is 14.4. The van der Waals surface area contributed by atoms with Gasteiger partial charge in [-0.1, -0.05) is 12.1 Å². The predicted molar refractivity (Wildman–Crippen MR) is 95.0 cm³/mol. The van der Waals surface area contributed by atoms with E-state index in [-0.39, 0.29) is 12.0 Å². The van der Waals surface area contributed by atoms with Crippen LogP contribution in [0.15, 0.2) is 30.3 Å². The monoisotopic (exact) mass is 329 g/mol. The van der Waals surface area contributed by atoms with E-state index in [1.165, 1.54) is 12.8 Å². The summed E-state index contributed by atoms with van der Waals surface area (Å²) in [6, 6.07) is 7.98. The minimum Gasteiger partial charge on any atom is -0.490 e. The van der Waals surface area contributed by atoms with Crippen LogP contribution in [0.2, 0.25) is 0 Å². The quantitative estimate of drug-likeness (QED) is 0.791. The van der Waals surface area contributed by atoms with Gasteiger partial charge in [0.2, 0.25) is 5.91 Å². The molecule has 0 N–H and O–H groups in total. The maximum atomic E-state index is 12.4. The summed E-state index contributed by atoms with van der Waals surface area (Å²) in [6.45, 7) is 4.17. The highest BCUT2D eigenvalue weighted by Gasteiger charge is 2.18. The second-order valence-corrected chi connectivity index (χ2v) is 6.75. The predicted octanol–water partition coefficient (Wildman–Crippen LogP) is 3.66. The number of nitrogens with zero attached hydrogens (tertiary/aromatic N) is 1. The lowest BCUT2D eigenvalue weighted by Crippen LogP contribution is -2.34. The first-order chi connectivity index (χ1) is 11.7. The minimum absolute atomic E-state index is 0.0504. The number of rotatable bonds is 4. The summed E-state index contributed by atoms with van der Waals surface area (Å²) >= 11 is 0. The summed E-state index contributed by atoms with van der Waals surface area (Å²) in [5, 5.41) is 0. The van der Waals surface area contributed by atoms with E-state index in [4.69, 9.17) is 9.47 Å². The summed E-state index contributed by atoms with van der Waals surface area (Å²) in [6.07, 6.45) is 9.70. The van der Waals surface area contributed by atoms with Crippen LogP contribution in [0.4, 0.5) is 0 Å². The molecule has 1 aliphatic heterocycles. The third kappa shape index (κ3) is 4.84. The first-order valence-corrected chi connectivity index (χ1v) is 9.06. The van der Waals surface area contributed by atoms with Crippen LogP contribution in [0.5, 0.6) is 5.75 Å². The van der Waals surface area contributed by atoms with E-state index >= 15 is 0 Å². The summed E-state index contributed by atoms with van der Waals surface area (Å²) in [7, 11) is 0. The first kappa shape index (κ1) is 17.0. The van der Waals surface area contributed by atoms with Gasteiger partial charge in [-0.25, -0.2) is 0 Å². The van der Waals surface area contributed by atoms with Gasteiger partial charge in [-0.2, -0.15) is 0 Å². The molecule has 4 heteroatoms. The standard InChI is InChI=1S/C20H27NO3/c1-16-15-21(12-5-13-23-16)20(22)11-10-17-6-4-9-19(14-17)24-18-7-2-3-8-18/h4,6,9-11,14,16,18H,2-3,5,7-8,12-13,15H2,1H3/b11-10+. The van der Waals surface area contributed by atoms with Crippen LogP contribution in [-0.4, -0.2) is 42.7 Å². The molecule has 1 atom stereocenters. The molecule has 2 aliphatic rings. The molecule has 0 aromatic heterocycles. The molecule has 1 aliphatic carbocycles. The van der Waals surface area contributed by atoms with Crippen molar-refractivity contribution in [3.8, 4) is 5.75 Å². The molecule has 1 saturated carbocycles. The molecule has 1 heterocycles. The SMILES string of the molecule is CC1CN(C(=O)/C=C/c2cccc(OC3CCCC3)c2)CCCO1. The van der Waals surface area contributed by atoms with Crippen LogP contribution >= 0.6 is 0 Å². The van der Waals surface area contributed by atoms with Crippen LogP contribution in [0, 0.1) is 0 Å². The third-order valence-electron chi connectivity index (χ3n) is 4.65. The van der Waals surface area contributed by atoms with Crippen molar-refractivity contribution < 1.29 is 14.3 Å². The van der Waals surface area contributed by atoms with Gasteiger partial charge in [0.25, 0.3) is 0 Å². The number of amides is 1. The molecule has 2 fully saturated rings. The Bertz CT molecular complexity index is 578. The first-order valence-electron chi connectivity index (χ1n) is 9.06. The van der Waals surface area contributed by atoms with Gasteiger partial charge < -0.3 is 14.4 Å². The molecule has 0 radical (unpaired) electrons. The molecule has 24 heavy (non-hydrogen) atoms. The number of hydrogen-bond donors (Lipinski definition) is 0. The molecule has 1 aromatic carbocycles. The Labute approximate surface area is 144 Å². The van der Waals surface area contributed by atoms with Crippen LogP contribution in [0.1, 0.15) is 44.6 Å². The van der Waals surface area contributed by atoms with E-state index in [2.05, 4.69) is 0 Å². The molecule has 3 rings (SSSR count). The smallest absolute Gasteiger partial charge is 0.246 e. The van der Waals surface area contributed by atoms with E-state index in [0.717, 1.165) is 43.7 Å². The average Bonchev–Trinajstić information content (AvgIpc) is 2.99. The fraction of sp³-hybridized carbons (Fsp3) is 0.550. The molecule has 1 amide bonds. The van der Waals surface area contributed by atoms with Gasteiger partial charge in [0.05, 0.1) is 12.2 Å². The Hall–Kier alpha value is -1.81. The molecule has 4 nitrogen and oxygen atoms in total. The molecular weight excluding hydrogens is 302 g/mol. The summed E-state index contributed by atoms with van der Waals surface area (Å²) in [4.78, 5) is 14.3. The van der Waals surface area contributed by atoms with E-state index < -0.39 is 0 Å². The lowest BCUT2D eigenvalue weighted by atomic mass is 10.2. The molecule has 1 aromatic rings. The largest absolute Gasteiger partial charge is 0.490 e. The van der Waals surface area contributed by atoms with Crippen molar-refractivity contribution in [1.82, 2.24) is 4.90 Å². The average molecular weight is 329 g/mol. The number of hydrogen-bond acceptors (Lipinski definition) is 3. The Kier molecular flexibility index (Phi) is 5.91. The van der Waals surface area contributed by atoms with Crippen molar-refractivity contribution in [3.63, 3.8) is 0 Å². The van der Waals surface area contributed by atoms with E-state index in [1.807, 2.05) is 42.2 Å². The summed E-state index contributed by atoms with van der Waals surface area (Å²) < 4.78 is 11.6. The van der Waals surface area contributed by atoms with Crippen LogP contribution in [-0.2, 0) is 9.53 Å². The highest BCUT2D eigenvalue weighted by atomic mass is 16.5. The lowest BCUT2D eigenvalue weighted by molar-refractivity contribution is -0.126. The topological polar surface area (TPSA) is 38.8 Å². The van der Waals surface area contributed by atoms with Crippen molar-refractivity contribution in [3.05, 3.63) is 35.9 Å². The Morgan fingerprint density at radius 2 is 2.12 bits per heavy atom. The third-order valence-corrected chi connectivity index (χ3v) is 4.65. The molecule has 130 valence electrons. The Balaban J connectivity index is 1.59. The molecule has 0 spiro atoms. The maximum absolute atomic E-state index is 12.4. The normalized spacial score (nSPS) is 22.7. The maximum Gasteiger partial charge on any atom is 0.246 e. The van der Waals surface area contributed by atoms with Crippen molar-refractivity contribution in [2.45, 2.75) is 51.2 Å². The van der Waals surface area contributed by atoms with Gasteiger partial charge in [-0.3, -0.25) is 4.79 Å². The molecular formula is C20H27NO3. The van der Waals surface area contributed by atoms with Crippen molar-refractivity contribution in [1.29, 1.82) is 0 Å². The summed E-state index contributed by atoms with van der Waals surface area (Å²) in [5.41, 5.74) is 0.998. The van der Waals surface area contributed by atoms with Crippen molar-refractivity contribution >= 4 is 12.0 Å². The minimum atomic E-state index is 0.0504. The zero-order chi connectivity index (χ0) is 16.8. The summed E-state index contributed by atoms with van der Waals surface area (Å²) in [5.74, 6) is 0.947. The Morgan fingerprint density at radius 1 is 1.29 bits per heavy atom. The van der Waals surface area contributed by atoms with Gasteiger partial charge in [0.1, 0.15) is 5.75 Å². The van der Waals surface area contributed by atoms with Gasteiger partial charge in [-0.05, 0) is 62.8 Å². The second-order valence-electron chi connectivity index (χ2n) is 6.75. The van der Waals surface area contributed by atoms with Gasteiger partial charge in [-0.15, -0.1) is 0 Å². The van der Waals surface area contributed by atoms with E-state index in [0.29, 0.717) is 12.6 Å². The van der Waals surface area contributed by atoms with E-state index in [1.54, 1.807) is 6.08 Å². The van der Waals surface area contributed by atoms with Crippen LogP contribution < -0.4 is 4.74 Å². The van der Waals surface area contributed by atoms with Gasteiger partial charge in [0.15, 0.2) is 0 Å². The second kappa shape index (κ2) is 8.34. The van der Waals surface area contributed by atoms with Crippen LogP contribution in [0.25, 0.3) is 6.08 Å². The number of ether oxygens (including phenoxy) is 2. The highest BCUT2D eigenvalue weighted by Crippen LogP contribution is 2.24.